The summed E-state index contributed by atoms with van der Waals surface area (Å²) in [6.07, 6.45) is 1.04. The maximum Gasteiger partial charge on any atom is 0.357 e. The van der Waals surface area contributed by atoms with Gasteiger partial charge in [-0.05, 0) is 43.5 Å². The molecule has 0 amide bonds. The summed E-state index contributed by atoms with van der Waals surface area (Å²) in [6.45, 7) is 4.10. The summed E-state index contributed by atoms with van der Waals surface area (Å²) in [7, 11) is 1.59. The van der Waals surface area contributed by atoms with Crippen LogP contribution in [0.15, 0.2) is 51.5 Å². The Bertz CT molecular complexity index is 1260. The minimum atomic E-state index is -0.472. The number of carbonyl (C=O) groups is 1. The van der Waals surface area contributed by atoms with Gasteiger partial charge >= 0.3 is 5.97 Å². The van der Waals surface area contributed by atoms with E-state index in [0.29, 0.717) is 37.0 Å². The van der Waals surface area contributed by atoms with Crippen molar-refractivity contribution in [2.75, 3.05) is 26.8 Å². The normalized spacial score (nSPS) is 19.9. The Morgan fingerprint density at radius 3 is 2.91 bits per heavy atom. The third-order valence-corrected chi connectivity index (χ3v) is 6.19. The van der Waals surface area contributed by atoms with Crippen molar-refractivity contribution in [3.8, 4) is 5.75 Å². The van der Waals surface area contributed by atoms with Crippen molar-refractivity contribution in [2.24, 2.45) is 16.3 Å². The van der Waals surface area contributed by atoms with Gasteiger partial charge in [0, 0.05) is 48.2 Å². The van der Waals surface area contributed by atoms with Crippen LogP contribution in [-0.4, -0.2) is 47.3 Å². The van der Waals surface area contributed by atoms with E-state index in [0.717, 1.165) is 23.0 Å². The monoisotopic (exact) mass is 435 g/mol. The zero-order valence-electron chi connectivity index (χ0n) is 18.1. The van der Waals surface area contributed by atoms with Gasteiger partial charge < -0.3 is 19.0 Å². The number of nitrogens with one attached hydrogen (secondary N) is 1. The highest BCUT2D eigenvalue weighted by Crippen LogP contribution is 2.37. The van der Waals surface area contributed by atoms with E-state index in [1.165, 1.54) is 0 Å². The summed E-state index contributed by atoms with van der Waals surface area (Å²) >= 11 is 0. The second-order valence-electron chi connectivity index (χ2n) is 8.24. The quantitative estimate of drug-likeness (QED) is 0.487. The number of rotatable bonds is 5. The smallest absolute Gasteiger partial charge is 0.357 e. The number of esters is 1. The average Bonchev–Trinajstić information content (AvgIpc) is 3.16. The summed E-state index contributed by atoms with van der Waals surface area (Å²) in [5, 5.41) is 11.7. The van der Waals surface area contributed by atoms with Crippen LogP contribution < -0.4 is 10.3 Å². The van der Waals surface area contributed by atoms with E-state index >= 15 is 0 Å². The molecule has 0 radical (unpaired) electrons. The highest BCUT2D eigenvalue weighted by atomic mass is 16.5. The maximum atomic E-state index is 12.5. The van der Waals surface area contributed by atoms with E-state index in [2.05, 4.69) is 15.3 Å². The summed E-state index contributed by atoms with van der Waals surface area (Å²) < 4.78 is 12.4. The number of fused-ring (bicyclic) bond motifs is 5. The predicted octanol–water partition coefficient (Wildman–Crippen LogP) is 3.63. The Kier molecular flexibility index (Phi) is 5.16. The fraction of sp³-hybridized carbons (Fsp3) is 0.391. The van der Waals surface area contributed by atoms with E-state index in [1.807, 2.05) is 39.9 Å². The van der Waals surface area contributed by atoms with Gasteiger partial charge in [-0.3, -0.25) is 9.80 Å². The number of benzene rings is 1. The first-order valence-electron chi connectivity index (χ1n) is 10.8. The summed E-state index contributed by atoms with van der Waals surface area (Å²) in [4.78, 5) is 27.9. The van der Waals surface area contributed by atoms with E-state index in [9.17, 15) is 9.59 Å². The first kappa shape index (κ1) is 20.3. The molecule has 166 valence electrons. The summed E-state index contributed by atoms with van der Waals surface area (Å²) in [5.74, 6) is 0.745. The molecule has 3 aromatic rings. The van der Waals surface area contributed by atoms with E-state index in [1.54, 1.807) is 20.1 Å². The summed E-state index contributed by atoms with van der Waals surface area (Å²) in [5.41, 5.74) is 2.57. The molecule has 2 aliphatic heterocycles. The topological polar surface area (TPSA) is 101 Å². The van der Waals surface area contributed by atoms with Crippen molar-refractivity contribution >= 4 is 22.6 Å². The Morgan fingerprint density at radius 2 is 2.09 bits per heavy atom. The van der Waals surface area contributed by atoms with E-state index < -0.39 is 5.97 Å². The molecule has 4 heterocycles. The number of nitrogens with zero attached hydrogens (tertiary/aromatic N) is 4. The molecule has 32 heavy (non-hydrogen) atoms. The molecule has 9 heteroatoms. The molecular formula is C23H25N5O4. The van der Waals surface area contributed by atoms with E-state index in [-0.39, 0.29) is 23.8 Å². The van der Waals surface area contributed by atoms with Gasteiger partial charge in [-0.25, -0.2) is 4.79 Å². The Morgan fingerprint density at radius 1 is 1.22 bits per heavy atom. The van der Waals surface area contributed by atoms with Gasteiger partial charge in [-0.2, -0.15) is 0 Å². The fourth-order valence-corrected chi connectivity index (χ4v) is 4.79. The van der Waals surface area contributed by atoms with Gasteiger partial charge in [0.05, 0.1) is 13.7 Å². The Balaban J connectivity index is 1.48. The number of H-pyrrole nitrogens is 1. The number of aromatic amines is 1. The highest BCUT2D eigenvalue weighted by molar-refractivity contribution is 6.05. The number of piperidine rings is 1. The number of hydrogen-bond acceptors (Lipinski definition) is 6. The van der Waals surface area contributed by atoms with Gasteiger partial charge in [0.25, 0.3) is 5.56 Å². The highest BCUT2D eigenvalue weighted by Gasteiger charge is 2.34. The van der Waals surface area contributed by atoms with Gasteiger partial charge in [-0.1, -0.05) is 11.3 Å². The molecule has 2 bridgehead atoms. The lowest BCUT2D eigenvalue weighted by molar-refractivity contribution is 0.0521. The second kappa shape index (κ2) is 8.14. The van der Waals surface area contributed by atoms with Crippen LogP contribution >= 0.6 is 0 Å². The standard InChI is InChI=1S/C23H25N5O4/c1-3-32-23(30)22-21(17-10-16(31-2)7-8-18(17)24-22)25-26-27-11-14-9-15(13-27)19-5-4-6-20(29)28(19)12-14/h4-8,10,14-15,24H,3,9,11-13H2,1-2H3/t14-,15+/m1/s1. The predicted molar refractivity (Wildman–Crippen MR) is 118 cm³/mol. The van der Waals surface area contributed by atoms with Crippen LogP contribution in [0.3, 0.4) is 0 Å². The molecule has 1 saturated heterocycles. The van der Waals surface area contributed by atoms with Crippen molar-refractivity contribution in [3.05, 3.63) is 58.1 Å². The SMILES string of the molecule is CCOC(=O)c1[nH]c2ccc(OC)cc2c1N=NN1C[C@H]2C[C@@H](C1)c1cccc(=O)n1C2. The van der Waals surface area contributed by atoms with Crippen LogP contribution in [0, 0.1) is 5.92 Å². The number of aromatic nitrogens is 2. The molecule has 0 spiro atoms. The molecule has 9 nitrogen and oxygen atoms in total. The second-order valence-corrected chi connectivity index (χ2v) is 8.24. The summed E-state index contributed by atoms with van der Waals surface area (Å²) in [6, 6.07) is 10.9. The van der Waals surface area contributed by atoms with Gasteiger partial charge in [0.1, 0.15) is 11.4 Å². The Hall–Kier alpha value is -3.62. The molecule has 0 aliphatic carbocycles. The average molecular weight is 435 g/mol. The van der Waals surface area contributed by atoms with Crippen molar-refractivity contribution in [1.29, 1.82) is 0 Å². The lowest BCUT2D eigenvalue weighted by Gasteiger charge is -2.40. The number of ether oxygens (including phenoxy) is 2. The van der Waals surface area contributed by atoms with Crippen molar-refractivity contribution in [1.82, 2.24) is 14.6 Å². The van der Waals surface area contributed by atoms with Crippen LogP contribution in [0.2, 0.25) is 0 Å². The lowest BCUT2D eigenvalue weighted by Crippen LogP contribution is -2.45. The zero-order chi connectivity index (χ0) is 22.2. The zero-order valence-corrected chi connectivity index (χ0v) is 18.1. The molecule has 2 aromatic heterocycles. The van der Waals surface area contributed by atoms with Crippen LogP contribution in [-0.2, 0) is 11.3 Å². The number of carbonyl (C=O) groups excluding carboxylic acids is 1. The third kappa shape index (κ3) is 3.53. The van der Waals surface area contributed by atoms with Crippen LogP contribution in [0.25, 0.3) is 10.9 Å². The van der Waals surface area contributed by atoms with Crippen molar-refractivity contribution in [2.45, 2.75) is 25.8 Å². The van der Waals surface area contributed by atoms with Crippen LogP contribution in [0.1, 0.15) is 35.4 Å². The van der Waals surface area contributed by atoms with Crippen molar-refractivity contribution in [3.63, 3.8) is 0 Å². The van der Waals surface area contributed by atoms with Gasteiger partial charge in [0.2, 0.25) is 0 Å². The third-order valence-electron chi connectivity index (χ3n) is 6.19. The number of methoxy groups -OCH3 is 1. The minimum Gasteiger partial charge on any atom is -0.497 e. The van der Waals surface area contributed by atoms with Gasteiger partial charge in [0.15, 0.2) is 5.69 Å². The molecule has 2 atom stereocenters. The molecule has 5 rings (SSSR count). The van der Waals surface area contributed by atoms with Crippen LogP contribution in [0.4, 0.5) is 5.69 Å². The van der Waals surface area contributed by atoms with Crippen LogP contribution in [0.5, 0.6) is 5.75 Å². The van der Waals surface area contributed by atoms with Gasteiger partial charge in [-0.15, -0.1) is 5.11 Å². The molecule has 1 fully saturated rings. The first-order chi connectivity index (χ1) is 15.6. The van der Waals surface area contributed by atoms with E-state index in [4.69, 9.17) is 9.47 Å². The first-order valence-corrected chi connectivity index (χ1v) is 10.8. The lowest BCUT2D eigenvalue weighted by atomic mass is 9.84. The molecule has 0 saturated carbocycles. The number of hydrogen-bond donors (Lipinski definition) is 1. The minimum absolute atomic E-state index is 0.0547. The number of pyridine rings is 1. The molecule has 1 N–H and O–H groups in total. The molecule has 0 unspecified atom stereocenters. The van der Waals surface area contributed by atoms with Crippen molar-refractivity contribution < 1.29 is 14.3 Å². The Labute approximate surface area is 184 Å². The molecule has 2 aliphatic rings. The fourth-order valence-electron chi connectivity index (χ4n) is 4.79. The molecule has 1 aromatic carbocycles. The largest absolute Gasteiger partial charge is 0.497 e. The maximum absolute atomic E-state index is 12.5. The molecular weight excluding hydrogens is 410 g/mol.